The minimum atomic E-state index is -3.87. The molecular formula is C17H21N3O5S. The SMILES string of the molecule is COc1ccccc1NC(=O)[C@@H]1CCCN1S(=O)(=O)c1c(C)noc1C. The molecule has 1 saturated heterocycles. The van der Waals surface area contributed by atoms with Crippen LogP contribution in [0.4, 0.5) is 5.69 Å². The van der Waals surface area contributed by atoms with Crippen molar-refractivity contribution in [3.8, 4) is 5.75 Å². The van der Waals surface area contributed by atoms with Crippen molar-refractivity contribution < 1.29 is 22.5 Å². The van der Waals surface area contributed by atoms with E-state index < -0.39 is 16.1 Å². The molecule has 1 aliphatic rings. The lowest BCUT2D eigenvalue weighted by Gasteiger charge is -2.23. The quantitative estimate of drug-likeness (QED) is 0.853. The Kier molecular flexibility index (Phi) is 5.01. The van der Waals surface area contributed by atoms with Crippen LogP contribution >= 0.6 is 0 Å². The maximum absolute atomic E-state index is 13.0. The maximum atomic E-state index is 13.0. The van der Waals surface area contributed by atoms with Crippen LogP contribution in [-0.2, 0) is 14.8 Å². The Balaban J connectivity index is 1.87. The summed E-state index contributed by atoms with van der Waals surface area (Å²) in [6.07, 6.45) is 1.05. The fourth-order valence-electron chi connectivity index (χ4n) is 3.21. The Bertz CT molecular complexity index is 903. The van der Waals surface area contributed by atoms with Crippen LogP contribution in [0.2, 0.25) is 0 Å². The van der Waals surface area contributed by atoms with Crippen molar-refractivity contribution in [3.63, 3.8) is 0 Å². The van der Waals surface area contributed by atoms with Crippen LogP contribution in [0.1, 0.15) is 24.3 Å². The zero-order valence-corrected chi connectivity index (χ0v) is 15.7. The molecule has 0 saturated carbocycles. The predicted octanol–water partition coefficient (Wildman–Crippen LogP) is 2.09. The second-order valence-corrected chi connectivity index (χ2v) is 7.94. The van der Waals surface area contributed by atoms with Gasteiger partial charge in [-0.2, -0.15) is 4.31 Å². The van der Waals surface area contributed by atoms with Gasteiger partial charge in [0.05, 0.1) is 12.8 Å². The van der Waals surface area contributed by atoms with Crippen LogP contribution in [-0.4, -0.2) is 43.5 Å². The number of aryl methyl sites for hydroxylation is 2. The Morgan fingerprint density at radius 2 is 2.08 bits per heavy atom. The summed E-state index contributed by atoms with van der Waals surface area (Å²) in [7, 11) is -2.37. The van der Waals surface area contributed by atoms with E-state index in [0.717, 1.165) is 0 Å². The van der Waals surface area contributed by atoms with Gasteiger partial charge in [0.25, 0.3) is 0 Å². The average Bonchev–Trinajstić information content (AvgIpc) is 3.23. The predicted molar refractivity (Wildman–Crippen MR) is 94.5 cm³/mol. The van der Waals surface area contributed by atoms with E-state index >= 15 is 0 Å². The molecule has 1 atom stereocenters. The van der Waals surface area contributed by atoms with Crippen molar-refractivity contribution in [1.29, 1.82) is 0 Å². The summed E-state index contributed by atoms with van der Waals surface area (Å²) in [6.45, 7) is 3.40. The topological polar surface area (TPSA) is 102 Å². The first-order chi connectivity index (χ1) is 12.4. The Morgan fingerprint density at radius 1 is 1.35 bits per heavy atom. The fourth-order valence-corrected chi connectivity index (χ4v) is 5.17. The summed E-state index contributed by atoms with van der Waals surface area (Å²) in [4.78, 5) is 12.8. The normalized spacial score (nSPS) is 18.0. The highest BCUT2D eigenvalue weighted by Crippen LogP contribution is 2.31. The van der Waals surface area contributed by atoms with Gasteiger partial charge in [0.15, 0.2) is 5.76 Å². The first-order valence-electron chi connectivity index (χ1n) is 8.25. The molecule has 1 aromatic heterocycles. The van der Waals surface area contributed by atoms with Crippen molar-refractivity contribution in [3.05, 3.63) is 35.7 Å². The van der Waals surface area contributed by atoms with Crippen LogP contribution in [0.5, 0.6) is 5.75 Å². The third-order valence-corrected chi connectivity index (χ3v) is 6.56. The lowest BCUT2D eigenvalue weighted by atomic mass is 10.2. The number of carbonyl (C=O) groups excluding carboxylic acids is 1. The first kappa shape index (κ1) is 18.4. The number of aromatic nitrogens is 1. The molecular weight excluding hydrogens is 358 g/mol. The number of sulfonamides is 1. The fraction of sp³-hybridized carbons (Fsp3) is 0.412. The lowest BCUT2D eigenvalue weighted by Crippen LogP contribution is -2.43. The third kappa shape index (κ3) is 3.19. The number of ether oxygens (including phenoxy) is 1. The van der Waals surface area contributed by atoms with Crippen molar-refractivity contribution in [2.75, 3.05) is 19.0 Å². The molecule has 8 nitrogen and oxygen atoms in total. The summed E-state index contributed by atoms with van der Waals surface area (Å²) in [5, 5.41) is 6.49. The van der Waals surface area contributed by atoms with Gasteiger partial charge < -0.3 is 14.6 Å². The smallest absolute Gasteiger partial charge is 0.249 e. The van der Waals surface area contributed by atoms with Crippen molar-refractivity contribution in [1.82, 2.24) is 9.46 Å². The van der Waals surface area contributed by atoms with E-state index in [9.17, 15) is 13.2 Å². The second kappa shape index (κ2) is 7.08. The van der Waals surface area contributed by atoms with Gasteiger partial charge in [-0.3, -0.25) is 4.79 Å². The van der Waals surface area contributed by atoms with Crippen molar-refractivity contribution in [2.24, 2.45) is 0 Å². The molecule has 2 aromatic rings. The highest BCUT2D eigenvalue weighted by atomic mass is 32.2. The van der Waals surface area contributed by atoms with E-state index in [4.69, 9.17) is 9.26 Å². The van der Waals surface area contributed by atoms with E-state index in [-0.39, 0.29) is 23.1 Å². The molecule has 1 N–H and O–H groups in total. The van der Waals surface area contributed by atoms with Crippen molar-refractivity contribution >= 4 is 21.6 Å². The summed E-state index contributed by atoms with van der Waals surface area (Å²) in [5.74, 6) is 0.347. The molecule has 3 rings (SSSR count). The number of anilines is 1. The molecule has 1 aromatic carbocycles. The summed E-state index contributed by atoms with van der Waals surface area (Å²) >= 11 is 0. The van der Waals surface area contributed by atoms with Gasteiger partial charge in [-0.05, 0) is 38.8 Å². The second-order valence-electron chi connectivity index (χ2n) is 6.12. The van der Waals surface area contributed by atoms with Crippen LogP contribution < -0.4 is 10.1 Å². The average molecular weight is 379 g/mol. The number of nitrogens with one attached hydrogen (secondary N) is 1. The lowest BCUT2D eigenvalue weighted by molar-refractivity contribution is -0.119. The van der Waals surface area contributed by atoms with Gasteiger partial charge in [0, 0.05) is 6.54 Å². The van der Waals surface area contributed by atoms with Crippen LogP contribution in [0.3, 0.4) is 0 Å². The number of para-hydroxylation sites is 2. The monoisotopic (exact) mass is 379 g/mol. The minimum Gasteiger partial charge on any atom is -0.495 e. The number of benzene rings is 1. The molecule has 1 fully saturated rings. The Morgan fingerprint density at radius 3 is 2.73 bits per heavy atom. The third-order valence-electron chi connectivity index (χ3n) is 4.41. The van der Waals surface area contributed by atoms with Crippen molar-refractivity contribution in [2.45, 2.75) is 37.6 Å². The number of hydrogen-bond donors (Lipinski definition) is 1. The van der Waals surface area contributed by atoms with E-state index in [1.807, 2.05) is 0 Å². The van der Waals surface area contributed by atoms with Gasteiger partial charge in [-0.15, -0.1) is 0 Å². The van der Waals surface area contributed by atoms with Crippen LogP contribution in [0.15, 0.2) is 33.7 Å². The van der Waals surface area contributed by atoms with Gasteiger partial charge in [-0.25, -0.2) is 8.42 Å². The van der Waals surface area contributed by atoms with Gasteiger partial charge in [0.2, 0.25) is 15.9 Å². The number of rotatable bonds is 5. The molecule has 0 unspecified atom stereocenters. The zero-order valence-electron chi connectivity index (χ0n) is 14.9. The number of methoxy groups -OCH3 is 1. The van der Waals surface area contributed by atoms with Crippen LogP contribution in [0.25, 0.3) is 0 Å². The largest absolute Gasteiger partial charge is 0.495 e. The van der Waals surface area contributed by atoms with E-state index in [0.29, 0.717) is 30.0 Å². The molecule has 1 amide bonds. The summed E-state index contributed by atoms with van der Waals surface area (Å²) in [6, 6.07) is 6.20. The van der Waals surface area contributed by atoms with E-state index in [1.54, 1.807) is 38.1 Å². The standard InChI is InChI=1S/C17H21N3O5S/c1-11-16(12(2)25-19-11)26(22,23)20-10-6-8-14(20)17(21)18-13-7-4-5-9-15(13)24-3/h4-5,7,9,14H,6,8,10H2,1-3H3,(H,18,21)/t14-/m0/s1. The molecule has 2 heterocycles. The molecule has 0 spiro atoms. The molecule has 0 aliphatic carbocycles. The highest BCUT2D eigenvalue weighted by molar-refractivity contribution is 7.89. The van der Waals surface area contributed by atoms with Gasteiger partial charge >= 0.3 is 0 Å². The Hall–Kier alpha value is -2.39. The molecule has 1 aliphatic heterocycles. The summed E-state index contributed by atoms with van der Waals surface area (Å²) < 4.78 is 37.5. The number of amides is 1. The number of hydrogen-bond acceptors (Lipinski definition) is 6. The Labute approximate surface area is 152 Å². The zero-order chi connectivity index (χ0) is 18.9. The van der Waals surface area contributed by atoms with Crippen LogP contribution in [0, 0.1) is 13.8 Å². The first-order valence-corrected chi connectivity index (χ1v) is 9.69. The number of carbonyl (C=O) groups is 1. The molecule has 140 valence electrons. The number of nitrogens with zero attached hydrogens (tertiary/aromatic N) is 2. The minimum absolute atomic E-state index is 0.0366. The molecule has 0 radical (unpaired) electrons. The van der Waals surface area contributed by atoms with Gasteiger partial charge in [0.1, 0.15) is 22.4 Å². The molecule has 9 heteroatoms. The molecule has 26 heavy (non-hydrogen) atoms. The molecule has 0 bridgehead atoms. The van der Waals surface area contributed by atoms with E-state index in [1.165, 1.54) is 11.4 Å². The maximum Gasteiger partial charge on any atom is 0.249 e. The highest BCUT2D eigenvalue weighted by Gasteiger charge is 2.42. The summed E-state index contributed by atoms with van der Waals surface area (Å²) in [5.41, 5.74) is 0.792. The van der Waals surface area contributed by atoms with E-state index in [2.05, 4.69) is 10.5 Å². The van der Waals surface area contributed by atoms with Gasteiger partial charge in [-0.1, -0.05) is 17.3 Å².